The van der Waals surface area contributed by atoms with E-state index in [1.165, 1.54) is 21.9 Å². The fourth-order valence-electron chi connectivity index (χ4n) is 5.14. The van der Waals surface area contributed by atoms with Crippen molar-refractivity contribution >= 4 is 49.8 Å². The Hall–Kier alpha value is -4.82. The molecule has 0 N–H and O–H groups in total. The van der Waals surface area contributed by atoms with Gasteiger partial charge < -0.3 is 9.32 Å². The normalized spacial score (nSPS) is 11.3. The summed E-state index contributed by atoms with van der Waals surface area (Å²) in [5, 5.41) is 4.74. The van der Waals surface area contributed by atoms with Crippen molar-refractivity contribution in [3.63, 3.8) is 0 Å². The van der Waals surface area contributed by atoms with E-state index >= 15 is 0 Å². The summed E-state index contributed by atoms with van der Waals surface area (Å²) in [6.45, 7) is 0. The Kier molecular flexibility index (Phi) is 4.82. The molecule has 0 fully saturated rings. The van der Waals surface area contributed by atoms with Crippen molar-refractivity contribution in [3.8, 4) is 11.1 Å². The van der Waals surface area contributed by atoms with Crippen LogP contribution < -0.4 is 4.90 Å². The molecular weight excluding hydrogens is 438 g/mol. The van der Waals surface area contributed by atoms with Crippen LogP contribution >= 0.6 is 0 Å². The number of benzene rings is 6. The molecule has 7 rings (SSSR count). The van der Waals surface area contributed by atoms with Gasteiger partial charge in [0.05, 0.1) is 11.1 Å². The van der Waals surface area contributed by atoms with Crippen LogP contribution in [0, 0.1) is 0 Å². The fourth-order valence-corrected chi connectivity index (χ4v) is 5.14. The molecule has 0 spiro atoms. The van der Waals surface area contributed by atoms with E-state index in [0.29, 0.717) is 0 Å². The SMILES string of the molecule is c1ccc(N(c2cccc(-c3ccc4ccccc4c3)c2)c2cccc3oc4ccccc4c23)cc1. The van der Waals surface area contributed by atoms with Crippen LogP contribution in [0.1, 0.15) is 0 Å². The van der Waals surface area contributed by atoms with Gasteiger partial charge in [0.15, 0.2) is 0 Å². The number of hydrogen-bond donors (Lipinski definition) is 0. The molecule has 170 valence electrons. The number of anilines is 3. The molecule has 0 radical (unpaired) electrons. The maximum atomic E-state index is 6.22. The van der Waals surface area contributed by atoms with Gasteiger partial charge in [0.1, 0.15) is 11.2 Å². The van der Waals surface area contributed by atoms with E-state index in [9.17, 15) is 0 Å². The molecule has 1 heterocycles. The van der Waals surface area contributed by atoms with E-state index < -0.39 is 0 Å². The topological polar surface area (TPSA) is 16.4 Å². The van der Waals surface area contributed by atoms with Crippen molar-refractivity contribution in [2.24, 2.45) is 0 Å². The van der Waals surface area contributed by atoms with Gasteiger partial charge in [-0.3, -0.25) is 0 Å². The first kappa shape index (κ1) is 20.5. The molecule has 0 saturated heterocycles. The molecule has 1 aromatic heterocycles. The maximum absolute atomic E-state index is 6.22. The number of rotatable bonds is 4. The Balaban J connectivity index is 1.45. The zero-order valence-corrected chi connectivity index (χ0v) is 19.6. The van der Waals surface area contributed by atoms with Gasteiger partial charge in [-0.2, -0.15) is 0 Å². The second-order valence-corrected chi connectivity index (χ2v) is 9.03. The number of para-hydroxylation sites is 2. The predicted molar refractivity (Wildman–Crippen MR) is 151 cm³/mol. The van der Waals surface area contributed by atoms with Crippen molar-refractivity contribution in [2.45, 2.75) is 0 Å². The van der Waals surface area contributed by atoms with Gasteiger partial charge in [0, 0.05) is 16.8 Å². The zero-order valence-electron chi connectivity index (χ0n) is 19.6. The first-order valence-electron chi connectivity index (χ1n) is 12.2. The average Bonchev–Trinajstić information content (AvgIpc) is 3.33. The lowest BCUT2D eigenvalue weighted by Gasteiger charge is -2.26. The van der Waals surface area contributed by atoms with E-state index in [1.807, 2.05) is 18.2 Å². The van der Waals surface area contributed by atoms with Crippen LogP contribution in [0.25, 0.3) is 43.8 Å². The van der Waals surface area contributed by atoms with Crippen molar-refractivity contribution in [2.75, 3.05) is 4.90 Å². The van der Waals surface area contributed by atoms with E-state index in [1.54, 1.807) is 0 Å². The third kappa shape index (κ3) is 3.43. The largest absolute Gasteiger partial charge is 0.456 e. The first-order valence-corrected chi connectivity index (χ1v) is 12.2. The Morgan fingerprint density at radius 2 is 1.14 bits per heavy atom. The summed E-state index contributed by atoms with van der Waals surface area (Å²) in [4.78, 5) is 2.33. The molecular formula is C34H23NO. The summed E-state index contributed by atoms with van der Waals surface area (Å²) in [7, 11) is 0. The van der Waals surface area contributed by atoms with E-state index in [4.69, 9.17) is 4.42 Å². The highest BCUT2D eigenvalue weighted by molar-refractivity contribution is 6.13. The monoisotopic (exact) mass is 461 g/mol. The van der Waals surface area contributed by atoms with Gasteiger partial charge in [0.2, 0.25) is 0 Å². The van der Waals surface area contributed by atoms with Gasteiger partial charge in [-0.05, 0) is 70.4 Å². The Morgan fingerprint density at radius 3 is 2.06 bits per heavy atom. The molecule has 36 heavy (non-hydrogen) atoms. The second kappa shape index (κ2) is 8.44. The van der Waals surface area contributed by atoms with Gasteiger partial charge >= 0.3 is 0 Å². The van der Waals surface area contributed by atoms with Crippen molar-refractivity contribution in [3.05, 3.63) is 140 Å². The van der Waals surface area contributed by atoms with Crippen LogP contribution in [0.15, 0.2) is 144 Å². The highest BCUT2D eigenvalue weighted by Crippen LogP contribution is 2.43. The molecule has 0 aliphatic carbocycles. The molecule has 0 amide bonds. The van der Waals surface area contributed by atoms with Gasteiger partial charge in [-0.15, -0.1) is 0 Å². The standard InChI is InChI=1S/C34H23NO/c1-2-13-28(14-3-1)35(31-17-9-19-33-34(31)30-16-6-7-18-32(30)36-33)29-15-8-12-26(23-29)27-21-20-24-10-4-5-11-25(24)22-27/h1-23H. The lowest BCUT2D eigenvalue weighted by Crippen LogP contribution is -2.10. The lowest BCUT2D eigenvalue weighted by atomic mass is 10.00. The van der Waals surface area contributed by atoms with Gasteiger partial charge in [-0.25, -0.2) is 0 Å². The third-order valence-corrected chi connectivity index (χ3v) is 6.82. The maximum Gasteiger partial charge on any atom is 0.137 e. The minimum Gasteiger partial charge on any atom is -0.456 e. The van der Waals surface area contributed by atoms with Gasteiger partial charge in [0.25, 0.3) is 0 Å². The summed E-state index contributed by atoms with van der Waals surface area (Å²) in [5.41, 5.74) is 7.48. The molecule has 0 unspecified atom stereocenters. The smallest absolute Gasteiger partial charge is 0.137 e. The van der Waals surface area contributed by atoms with Crippen LogP contribution in [-0.2, 0) is 0 Å². The quantitative estimate of drug-likeness (QED) is 0.259. The third-order valence-electron chi connectivity index (χ3n) is 6.82. The zero-order chi connectivity index (χ0) is 23.9. The van der Waals surface area contributed by atoms with E-state index in [2.05, 4.69) is 126 Å². The van der Waals surface area contributed by atoms with Crippen LogP contribution in [-0.4, -0.2) is 0 Å². The minimum absolute atomic E-state index is 0.889. The molecule has 0 aliphatic rings. The van der Waals surface area contributed by atoms with Crippen molar-refractivity contribution in [1.29, 1.82) is 0 Å². The van der Waals surface area contributed by atoms with E-state index in [-0.39, 0.29) is 0 Å². The van der Waals surface area contributed by atoms with Crippen LogP contribution in [0.3, 0.4) is 0 Å². The molecule has 0 saturated carbocycles. The molecule has 7 aromatic rings. The second-order valence-electron chi connectivity index (χ2n) is 9.03. The summed E-state index contributed by atoms with van der Waals surface area (Å²) in [5.74, 6) is 0. The molecule has 2 heteroatoms. The molecule has 0 atom stereocenters. The fraction of sp³-hybridized carbons (Fsp3) is 0. The highest BCUT2D eigenvalue weighted by atomic mass is 16.3. The number of furan rings is 1. The highest BCUT2D eigenvalue weighted by Gasteiger charge is 2.19. The lowest BCUT2D eigenvalue weighted by molar-refractivity contribution is 0.669. The molecule has 0 aliphatic heterocycles. The first-order chi connectivity index (χ1) is 17.8. The minimum atomic E-state index is 0.889. The predicted octanol–water partition coefficient (Wildman–Crippen LogP) is 9.88. The summed E-state index contributed by atoms with van der Waals surface area (Å²) < 4.78 is 6.22. The van der Waals surface area contributed by atoms with Crippen molar-refractivity contribution in [1.82, 2.24) is 0 Å². The Labute approximate surface area is 209 Å². The summed E-state index contributed by atoms with van der Waals surface area (Å²) in [6, 6.07) is 49.1. The number of hydrogen-bond acceptors (Lipinski definition) is 2. The summed E-state index contributed by atoms with van der Waals surface area (Å²) >= 11 is 0. The van der Waals surface area contributed by atoms with Crippen LogP contribution in [0.5, 0.6) is 0 Å². The molecule has 2 nitrogen and oxygen atoms in total. The van der Waals surface area contributed by atoms with Crippen LogP contribution in [0.2, 0.25) is 0 Å². The number of nitrogens with zero attached hydrogens (tertiary/aromatic N) is 1. The Bertz CT molecular complexity index is 1850. The average molecular weight is 462 g/mol. The number of fused-ring (bicyclic) bond motifs is 4. The van der Waals surface area contributed by atoms with Crippen LogP contribution in [0.4, 0.5) is 17.1 Å². The van der Waals surface area contributed by atoms with Gasteiger partial charge in [-0.1, -0.05) is 91.0 Å². The molecule has 6 aromatic carbocycles. The molecule has 0 bridgehead atoms. The summed E-state index contributed by atoms with van der Waals surface area (Å²) in [6.07, 6.45) is 0. The Morgan fingerprint density at radius 1 is 0.444 bits per heavy atom. The van der Waals surface area contributed by atoms with E-state index in [0.717, 1.165) is 39.0 Å². The van der Waals surface area contributed by atoms with Crippen molar-refractivity contribution < 1.29 is 4.42 Å².